The molecule has 0 radical (unpaired) electrons. The highest BCUT2D eigenvalue weighted by molar-refractivity contribution is 5.85. The first-order valence-corrected chi connectivity index (χ1v) is 5.83. The molecule has 2 aromatic rings. The van der Waals surface area contributed by atoms with Crippen LogP contribution in [0.3, 0.4) is 0 Å². The molecule has 1 fully saturated rings. The van der Waals surface area contributed by atoms with Gasteiger partial charge in [-0.25, -0.2) is 4.39 Å². The van der Waals surface area contributed by atoms with Gasteiger partial charge in [-0.1, -0.05) is 36.4 Å². The van der Waals surface area contributed by atoms with Gasteiger partial charge in [-0.3, -0.25) is 0 Å². The SMILES string of the molecule is Cl.NC1(c2cccc(-c3ccccc3F)c2)CC1. The predicted molar refractivity (Wildman–Crippen MR) is 74.2 cm³/mol. The zero-order valence-corrected chi connectivity index (χ0v) is 10.7. The van der Waals surface area contributed by atoms with E-state index in [-0.39, 0.29) is 23.8 Å². The van der Waals surface area contributed by atoms with Gasteiger partial charge < -0.3 is 5.73 Å². The minimum atomic E-state index is -0.188. The number of rotatable bonds is 2. The van der Waals surface area contributed by atoms with Crippen molar-refractivity contribution in [3.63, 3.8) is 0 Å². The summed E-state index contributed by atoms with van der Waals surface area (Å²) in [5, 5.41) is 0. The normalized spacial score (nSPS) is 15.9. The maximum Gasteiger partial charge on any atom is 0.131 e. The summed E-state index contributed by atoms with van der Waals surface area (Å²) in [6, 6.07) is 14.7. The smallest absolute Gasteiger partial charge is 0.131 e. The summed E-state index contributed by atoms with van der Waals surface area (Å²) in [6.07, 6.45) is 2.04. The first kappa shape index (κ1) is 13.1. The number of halogens is 2. The van der Waals surface area contributed by atoms with E-state index in [1.165, 1.54) is 6.07 Å². The Morgan fingerprint density at radius 3 is 2.39 bits per heavy atom. The lowest BCUT2D eigenvalue weighted by Crippen LogP contribution is -2.18. The number of benzene rings is 2. The fourth-order valence-corrected chi connectivity index (χ4v) is 2.12. The van der Waals surface area contributed by atoms with Crippen LogP contribution in [0.15, 0.2) is 48.5 Å². The van der Waals surface area contributed by atoms with Crippen LogP contribution in [0.4, 0.5) is 4.39 Å². The highest BCUT2D eigenvalue weighted by Crippen LogP contribution is 2.43. The molecule has 18 heavy (non-hydrogen) atoms. The maximum absolute atomic E-state index is 13.7. The molecule has 0 spiro atoms. The Hall–Kier alpha value is -1.38. The van der Waals surface area contributed by atoms with E-state index < -0.39 is 0 Å². The molecule has 0 bridgehead atoms. The molecule has 1 aliphatic carbocycles. The Balaban J connectivity index is 0.00000120. The monoisotopic (exact) mass is 263 g/mol. The van der Waals surface area contributed by atoms with Gasteiger partial charge in [0.25, 0.3) is 0 Å². The van der Waals surface area contributed by atoms with Crippen LogP contribution in [0.5, 0.6) is 0 Å². The molecule has 0 saturated heterocycles. The topological polar surface area (TPSA) is 26.0 Å². The van der Waals surface area contributed by atoms with Crippen molar-refractivity contribution in [1.29, 1.82) is 0 Å². The van der Waals surface area contributed by atoms with Crippen molar-refractivity contribution in [3.05, 3.63) is 59.9 Å². The Kier molecular flexibility index (Phi) is 3.42. The Labute approximate surface area is 112 Å². The van der Waals surface area contributed by atoms with E-state index in [0.29, 0.717) is 5.56 Å². The van der Waals surface area contributed by atoms with Gasteiger partial charge >= 0.3 is 0 Å². The van der Waals surface area contributed by atoms with Gasteiger partial charge in [0.05, 0.1) is 0 Å². The van der Waals surface area contributed by atoms with Crippen LogP contribution in [0.2, 0.25) is 0 Å². The zero-order chi connectivity index (χ0) is 11.9. The van der Waals surface area contributed by atoms with E-state index in [9.17, 15) is 4.39 Å². The van der Waals surface area contributed by atoms with Crippen LogP contribution >= 0.6 is 12.4 Å². The number of hydrogen-bond donors (Lipinski definition) is 1. The van der Waals surface area contributed by atoms with Crippen LogP contribution in [0.1, 0.15) is 18.4 Å². The molecule has 0 amide bonds. The van der Waals surface area contributed by atoms with Crippen molar-refractivity contribution in [3.8, 4) is 11.1 Å². The first-order chi connectivity index (χ1) is 8.19. The fourth-order valence-electron chi connectivity index (χ4n) is 2.12. The fraction of sp³-hybridized carbons (Fsp3) is 0.200. The average molecular weight is 264 g/mol. The summed E-state index contributed by atoms with van der Waals surface area (Å²) >= 11 is 0. The summed E-state index contributed by atoms with van der Waals surface area (Å²) < 4.78 is 13.7. The molecule has 2 N–H and O–H groups in total. The molecule has 94 valence electrons. The third-order valence-electron chi connectivity index (χ3n) is 3.41. The van der Waals surface area contributed by atoms with E-state index in [1.54, 1.807) is 12.1 Å². The van der Waals surface area contributed by atoms with Crippen molar-refractivity contribution >= 4 is 12.4 Å². The molecule has 3 rings (SSSR count). The highest BCUT2D eigenvalue weighted by atomic mass is 35.5. The molecule has 0 atom stereocenters. The molecular weight excluding hydrogens is 249 g/mol. The van der Waals surface area contributed by atoms with Crippen molar-refractivity contribution < 1.29 is 4.39 Å². The molecule has 3 heteroatoms. The van der Waals surface area contributed by atoms with E-state index in [4.69, 9.17) is 5.73 Å². The second-order valence-corrected chi connectivity index (χ2v) is 4.72. The lowest BCUT2D eigenvalue weighted by atomic mass is 9.98. The highest BCUT2D eigenvalue weighted by Gasteiger charge is 2.39. The molecule has 0 aliphatic heterocycles. The Bertz CT molecular complexity index is 564. The van der Waals surface area contributed by atoms with Crippen molar-refractivity contribution in [2.24, 2.45) is 5.73 Å². The molecule has 0 unspecified atom stereocenters. The number of hydrogen-bond acceptors (Lipinski definition) is 1. The molecule has 2 aromatic carbocycles. The van der Waals surface area contributed by atoms with Crippen molar-refractivity contribution in [1.82, 2.24) is 0 Å². The van der Waals surface area contributed by atoms with E-state index in [0.717, 1.165) is 24.0 Å². The van der Waals surface area contributed by atoms with Crippen LogP contribution in [0, 0.1) is 5.82 Å². The summed E-state index contributed by atoms with van der Waals surface area (Å²) in [4.78, 5) is 0. The zero-order valence-electron chi connectivity index (χ0n) is 9.90. The third kappa shape index (κ3) is 2.26. The molecule has 0 heterocycles. The Morgan fingerprint density at radius 1 is 1.00 bits per heavy atom. The summed E-state index contributed by atoms with van der Waals surface area (Å²) in [7, 11) is 0. The molecule has 1 saturated carbocycles. The molecule has 1 aliphatic rings. The van der Waals surface area contributed by atoms with Gasteiger partial charge in [-0.15, -0.1) is 12.4 Å². The summed E-state index contributed by atoms with van der Waals surface area (Å²) in [6.45, 7) is 0. The van der Waals surface area contributed by atoms with Crippen LogP contribution in [0.25, 0.3) is 11.1 Å². The predicted octanol–water partition coefficient (Wildman–Crippen LogP) is 3.86. The van der Waals surface area contributed by atoms with Crippen LogP contribution in [-0.2, 0) is 5.54 Å². The van der Waals surface area contributed by atoms with Crippen molar-refractivity contribution in [2.45, 2.75) is 18.4 Å². The van der Waals surface area contributed by atoms with Gasteiger partial charge in [0.15, 0.2) is 0 Å². The summed E-state index contributed by atoms with van der Waals surface area (Å²) in [5.41, 5.74) is 8.64. The molecule has 0 aromatic heterocycles. The average Bonchev–Trinajstić information content (AvgIpc) is 3.10. The molecule has 1 nitrogen and oxygen atoms in total. The first-order valence-electron chi connectivity index (χ1n) is 5.83. The largest absolute Gasteiger partial charge is 0.321 e. The van der Waals surface area contributed by atoms with Gasteiger partial charge in [0.2, 0.25) is 0 Å². The summed E-state index contributed by atoms with van der Waals surface area (Å²) in [5.74, 6) is -0.188. The van der Waals surface area contributed by atoms with E-state index >= 15 is 0 Å². The van der Waals surface area contributed by atoms with Gasteiger partial charge in [-0.05, 0) is 36.1 Å². The second-order valence-electron chi connectivity index (χ2n) is 4.72. The molecular formula is C15H15ClFN. The van der Waals surface area contributed by atoms with Crippen molar-refractivity contribution in [2.75, 3.05) is 0 Å². The van der Waals surface area contributed by atoms with Crippen LogP contribution in [-0.4, -0.2) is 0 Å². The maximum atomic E-state index is 13.7. The standard InChI is InChI=1S/C15H14FN.ClH/c16-14-7-2-1-6-13(14)11-4-3-5-12(10-11)15(17)8-9-15;/h1-7,10H,8-9,17H2;1H. The van der Waals surface area contributed by atoms with Gasteiger partial charge in [0.1, 0.15) is 5.82 Å². The third-order valence-corrected chi connectivity index (χ3v) is 3.41. The van der Waals surface area contributed by atoms with E-state index in [1.807, 2.05) is 30.3 Å². The van der Waals surface area contributed by atoms with Gasteiger partial charge in [0, 0.05) is 11.1 Å². The quantitative estimate of drug-likeness (QED) is 0.875. The Morgan fingerprint density at radius 2 is 1.72 bits per heavy atom. The lowest BCUT2D eigenvalue weighted by molar-refractivity contribution is 0.631. The second kappa shape index (κ2) is 4.71. The minimum absolute atomic E-state index is 0. The number of nitrogens with two attached hydrogens (primary N) is 1. The minimum Gasteiger partial charge on any atom is -0.321 e. The van der Waals surface area contributed by atoms with Gasteiger partial charge in [-0.2, -0.15) is 0 Å². The lowest BCUT2D eigenvalue weighted by Gasteiger charge is -2.11. The van der Waals surface area contributed by atoms with E-state index in [2.05, 4.69) is 0 Å². The van der Waals surface area contributed by atoms with Crippen LogP contribution < -0.4 is 5.73 Å².